The number of thiophene rings is 1. The van der Waals surface area contributed by atoms with E-state index in [-0.39, 0.29) is 6.04 Å². The minimum absolute atomic E-state index is 0.0910. The van der Waals surface area contributed by atoms with Gasteiger partial charge < -0.3 is 5.73 Å². The lowest BCUT2D eigenvalue weighted by molar-refractivity contribution is 0.821. The number of nitrogens with two attached hydrogens (primary N) is 1. The number of hydrogen-bond donors (Lipinski definition) is 1. The van der Waals surface area contributed by atoms with E-state index < -0.39 is 0 Å². The molecule has 0 saturated heterocycles. The predicted octanol–water partition coefficient (Wildman–Crippen LogP) is 3.43. The average Bonchev–Trinajstić information content (AvgIpc) is 2.70. The average molecular weight is 203 g/mol. The zero-order valence-corrected chi connectivity index (χ0v) is 8.92. The fourth-order valence-corrected chi connectivity index (χ4v) is 2.32. The van der Waals surface area contributed by atoms with Gasteiger partial charge in [0, 0.05) is 10.9 Å². The summed E-state index contributed by atoms with van der Waals surface area (Å²) in [6.07, 6.45) is 0. The van der Waals surface area contributed by atoms with E-state index in [2.05, 4.69) is 35.7 Å². The Morgan fingerprint density at radius 1 is 1.14 bits per heavy atom. The molecule has 14 heavy (non-hydrogen) atoms. The molecule has 0 bridgehead atoms. The molecule has 2 rings (SSSR count). The van der Waals surface area contributed by atoms with Crippen LogP contribution in [0, 0.1) is 0 Å². The van der Waals surface area contributed by atoms with Gasteiger partial charge in [0.2, 0.25) is 0 Å². The van der Waals surface area contributed by atoms with Crippen LogP contribution >= 0.6 is 11.3 Å². The summed E-state index contributed by atoms with van der Waals surface area (Å²) in [4.78, 5) is 1.29. The van der Waals surface area contributed by atoms with Crippen molar-refractivity contribution in [2.75, 3.05) is 0 Å². The minimum atomic E-state index is 0.0910. The Balaban J connectivity index is 2.53. The second kappa shape index (κ2) is 3.95. The molecule has 1 aromatic heterocycles. The molecule has 0 fully saturated rings. The van der Waals surface area contributed by atoms with Crippen molar-refractivity contribution in [1.29, 1.82) is 0 Å². The van der Waals surface area contributed by atoms with Gasteiger partial charge >= 0.3 is 0 Å². The van der Waals surface area contributed by atoms with Crippen LogP contribution in [0.1, 0.15) is 18.5 Å². The lowest BCUT2D eigenvalue weighted by atomic mass is 10.0. The van der Waals surface area contributed by atoms with Crippen LogP contribution in [0.4, 0.5) is 0 Å². The van der Waals surface area contributed by atoms with Crippen molar-refractivity contribution in [3.63, 3.8) is 0 Å². The fourth-order valence-electron chi connectivity index (χ4n) is 1.55. The molecule has 1 atom stereocenters. The summed E-state index contributed by atoms with van der Waals surface area (Å²) in [5.74, 6) is 0. The van der Waals surface area contributed by atoms with Gasteiger partial charge in [-0.25, -0.2) is 0 Å². The maximum Gasteiger partial charge on any atom is 0.0346 e. The van der Waals surface area contributed by atoms with Gasteiger partial charge in [-0.3, -0.25) is 0 Å². The topological polar surface area (TPSA) is 26.0 Å². The third-order valence-electron chi connectivity index (χ3n) is 2.24. The highest BCUT2D eigenvalue weighted by Gasteiger charge is 2.07. The van der Waals surface area contributed by atoms with Gasteiger partial charge in [0.05, 0.1) is 0 Å². The van der Waals surface area contributed by atoms with Crippen molar-refractivity contribution in [3.8, 4) is 10.4 Å². The van der Waals surface area contributed by atoms with E-state index >= 15 is 0 Å². The van der Waals surface area contributed by atoms with Crippen LogP contribution < -0.4 is 5.73 Å². The Hall–Kier alpha value is -1.12. The molecule has 2 heteroatoms. The Labute approximate surface area is 88.2 Å². The molecule has 0 radical (unpaired) electrons. The van der Waals surface area contributed by atoms with Gasteiger partial charge in [0.25, 0.3) is 0 Å². The molecule has 2 N–H and O–H groups in total. The van der Waals surface area contributed by atoms with Crippen molar-refractivity contribution >= 4 is 11.3 Å². The first kappa shape index (κ1) is 9.44. The van der Waals surface area contributed by atoms with Crippen LogP contribution in [0.25, 0.3) is 10.4 Å². The molecule has 72 valence electrons. The predicted molar refractivity (Wildman–Crippen MR) is 62.4 cm³/mol. The van der Waals surface area contributed by atoms with E-state index in [9.17, 15) is 0 Å². The zero-order valence-electron chi connectivity index (χ0n) is 8.10. The molecule has 0 aliphatic rings. The number of benzene rings is 1. The smallest absolute Gasteiger partial charge is 0.0346 e. The summed E-state index contributed by atoms with van der Waals surface area (Å²) in [5.41, 5.74) is 8.40. The molecule has 0 amide bonds. The molecule has 1 nitrogen and oxygen atoms in total. The molecule has 0 unspecified atom stereocenters. The highest BCUT2D eigenvalue weighted by atomic mass is 32.1. The Morgan fingerprint density at radius 2 is 1.93 bits per heavy atom. The van der Waals surface area contributed by atoms with Gasteiger partial charge in [-0.2, -0.15) is 0 Å². The molecular formula is C12H13NS. The molecule has 2 aromatic rings. The first-order valence-electron chi connectivity index (χ1n) is 4.67. The largest absolute Gasteiger partial charge is 0.324 e. The molecular weight excluding hydrogens is 190 g/mol. The highest BCUT2D eigenvalue weighted by molar-refractivity contribution is 7.13. The molecule has 1 aromatic carbocycles. The third kappa shape index (κ3) is 1.72. The molecule has 1 heterocycles. The molecule has 0 aliphatic carbocycles. The SMILES string of the molecule is C[C@H](N)c1ccccc1-c1cccs1. The van der Waals surface area contributed by atoms with Crippen molar-refractivity contribution in [2.24, 2.45) is 5.73 Å². The Kier molecular flexibility index (Phi) is 2.66. The van der Waals surface area contributed by atoms with Gasteiger partial charge in [-0.1, -0.05) is 30.3 Å². The quantitative estimate of drug-likeness (QED) is 0.795. The van der Waals surface area contributed by atoms with Crippen molar-refractivity contribution in [3.05, 3.63) is 47.3 Å². The summed E-state index contributed by atoms with van der Waals surface area (Å²) in [7, 11) is 0. The monoisotopic (exact) mass is 203 g/mol. The summed E-state index contributed by atoms with van der Waals surface area (Å²) in [6.45, 7) is 2.02. The van der Waals surface area contributed by atoms with Gasteiger partial charge in [-0.05, 0) is 29.5 Å². The Bertz CT molecular complexity index is 404. The van der Waals surface area contributed by atoms with Crippen LogP contribution in [-0.4, -0.2) is 0 Å². The van der Waals surface area contributed by atoms with E-state index in [0.29, 0.717) is 0 Å². The highest BCUT2D eigenvalue weighted by Crippen LogP contribution is 2.30. The maximum atomic E-state index is 5.93. The maximum absolute atomic E-state index is 5.93. The number of hydrogen-bond acceptors (Lipinski definition) is 2. The standard InChI is InChI=1S/C12H13NS/c1-9(13)10-5-2-3-6-11(10)12-7-4-8-14-12/h2-9H,13H2,1H3/t9-/m0/s1. The van der Waals surface area contributed by atoms with E-state index in [1.165, 1.54) is 16.0 Å². The van der Waals surface area contributed by atoms with Crippen molar-refractivity contribution in [2.45, 2.75) is 13.0 Å². The molecule has 0 aliphatic heterocycles. The third-order valence-corrected chi connectivity index (χ3v) is 3.14. The van der Waals surface area contributed by atoms with Crippen molar-refractivity contribution < 1.29 is 0 Å². The second-order valence-electron chi connectivity index (χ2n) is 3.35. The van der Waals surface area contributed by atoms with Gasteiger partial charge in [0.1, 0.15) is 0 Å². The molecule has 0 spiro atoms. The van der Waals surface area contributed by atoms with Crippen LogP contribution in [0.3, 0.4) is 0 Å². The van der Waals surface area contributed by atoms with E-state index in [0.717, 1.165) is 0 Å². The summed E-state index contributed by atoms with van der Waals surface area (Å²) in [5, 5.41) is 2.09. The van der Waals surface area contributed by atoms with Crippen molar-refractivity contribution in [1.82, 2.24) is 0 Å². The Morgan fingerprint density at radius 3 is 2.57 bits per heavy atom. The second-order valence-corrected chi connectivity index (χ2v) is 4.30. The minimum Gasteiger partial charge on any atom is -0.324 e. The zero-order chi connectivity index (χ0) is 9.97. The van der Waals surface area contributed by atoms with Gasteiger partial charge in [-0.15, -0.1) is 11.3 Å². The van der Waals surface area contributed by atoms with Crippen LogP contribution in [0.15, 0.2) is 41.8 Å². The normalized spacial score (nSPS) is 12.7. The van der Waals surface area contributed by atoms with Crippen LogP contribution in [0.5, 0.6) is 0 Å². The van der Waals surface area contributed by atoms with E-state index in [1.54, 1.807) is 11.3 Å². The first-order chi connectivity index (χ1) is 6.79. The number of rotatable bonds is 2. The fraction of sp³-hybridized carbons (Fsp3) is 0.167. The van der Waals surface area contributed by atoms with Crippen LogP contribution in [0.2, 0.25) is 0 Å². The first-order valence-corrected chi connectivity index (χ1v) is 5.55. The lowest BCUT2D eigenvalue weighted by Crippen LogP contribution is -2.05. The summed E-state index contributed by atoms with van der Waals surface area (Å²) < 4.78 is 0. The molecule has 0 saturated carbocycles. The van der Waals surface area contributed by atoms with E-state index in [1.807, 2.05) is 13.0 Å². The van der Waals surface area contributed by atoms with Gasteiger partial charge in [0.15, 0.2) is 0 Å². The lowest BCUT2D eigenvalue weighted by Gasteiger charge is -2.10. The van der Waals surface area contributed by atoms with Crippen LogP contribution in [-0.2, 0) is 0 Å². The summed E-state index contributed by atoms with van der Waals surface area (Å²) >= 11 is 1.75. The van der Waals surface area contributed by atoms with E-state index in [4.69, 9.17) is 5.73 Å². The summed E-state index contributed by atoms with van der Waals surface area (Å²) in [6, 6.07) is 12.6.